The van der Waals surface area contributed by atoms with Gasteiger partial charge in [-0.1, -0.05) is 48.5 Å². The second-order valence-electron chi connectivity index (χ2n) is 4.16. The van der Waals surface area contributed by atoms with Crippen LogP contribution in [-0.4, -0.2) is 11.1 Å². The molecule has 0 fully saturated rings. The van der Waals surface area contributed by atoms with E-state index in [1.165, 1.54) is 18.2 Å². The average Bonchev–Trinajstić information content (AvgIpc) is 2.42. The molecule has 3 nitrogen and oxygen atoms in total. The summed E-state index contributed by atoms with van der Waals surface area (Å²) >= 11 is 0. The zero-order valence-corrected chi connectivity index (χ0v) is 10.2. The molecule has 1 atom stereocenters. The first-order valence-corrected chi connectivity index (χ1v) is 5.93. The first-order valence-electron chi connectivity index (χ1n) is 5.93. The Balaban J connectivity index is 2.14. The van der Waals surface area contributed by atoms with E-state index < -0.39 is 17.8 Å². The number of halogens is 1. The summed E-state index contributed by atoms with van der Waals surface area (Å²) in [5.74, 6) is -1.61. The molecule has 2 aromatic rings. The minimum absolute atomic E-state index is 0.144. The third kappa shape index (κ3) is 3.39. The number of carboxylic acid groups (broad SMARTS) is 1. The standard InChI is InChI=1S/C15H14FNO2/c16-13-9-5-4-8-12(13)14(15(18)19)17-10-11-6-2-1-3-7-11/h1-9,14,17H,10H2,(H,18,19)/t14-/m1/s1. The normalized spacial score (nSPS) is 12.1. The van der Waals surface area contributed by atoms with Crippen LogP contribution < -0.4 is 5.32 Å². The minimum Gasteiger partial charge on any atom is -0.480 e. The van der Waals surface area contributed by atoms with Gasteiger partial charge in [-0.25, -0.2) is 4.39 Å². The van der Waals surface area contributed by atoms with Gasteiger partial charge in [-0.3, -0.25) is 10.1 Å². The maximum absolute atomic E-state index is 13.6. The number of nitrogens with one attached hydrogen (secondary N) is 1. The number of carbonyl (C=O) groups is 1. The average molecular weight is 259 g/mol. The molecular formula is C15H14FNO2. The highest BCUT2D eigenvalue weighted by Crippen LogP contribution is 2.17. The number of rotatable bonds is 5. The van der Waals surface area contributed by atoms with Gasteiger partial charge in [0.1, 0.15) is 11.9 Å². The van der Waals surface area contributed by atoms with Crippen LogP contribution in [0.25, 0.3) is 0 Å². The van der Waals surface area contributed by atoms with Gasteiger partial charge in [0.15, 0.2) is 0 Å². The molecule has 0 aliphatic rings. The second kappa shape index (κ2) is 6.11. The van der Waals surface area contributed by atoms with Gasteiger partial charge in [-0.2, -0.15) is 0 Å². The molecule has 0 spiro atoms. The van der Waals surface area contributed by atoms with E-state index in [0.717, 1.165) is 5.56 Å². The Labute approximate surface area is 110 Å². The summed E-state index contributed by atoms with van der Waals surface area (Å²) < 4.78 is 13.6. The Morgan fingerprint density at radius 3 is 2.37 bits per heavy atom. The summed E-state index contributed by atoms with van der Waals surface area (Å²) in [5.41, 5.74) is 1.09. The molecular weight excluding hydrogens is 245 g/mol. The summed E-state index contributed by atoms with van der Waals surface area (Å²) in [6.45, 7) is 0.367. The topological polar surface area (TPSA) is 49.3 Å². The molecule has 0 heterocycles. The highest BCUT2D eigenvalue weighted by molar-refractivity contribution is 5.75. The second-order valence-corrected chi connectivity index (χ2v) is 4.16. The minimum atomic E-state index is -1.10. The fourth-order valence-corrected chi connectivity index (χ4v) is 1.86. The Kier molecular flexibility index (Phi) is 4.26. The predicted molar refractivity (Wildman–Crippen MR) is 70.1 cm³/mol. The lowest BCUT2D eigenvalue weighted by molar-refractivity contribution is -0.139. The van der Waals surface area contributed by atoms with Gasteiger partial charge < -0.3 is 5.11 Å². The van der Waals surface area contributed by atoms with E-state index in [2.05, 4.69) is 5.32 Å². The number of aliphatic carboxylic acids is 1. The smallest absolute Gasteiger partial charge is 0.325 e. The lowest BCUT2D eigenvalue weighted by Crippen LogP contribution is -2.28. The highest BCUT2D eigenvalue weighted by Gasteiger charge is 2.21. The zero-order valence-electron chi connectivity index (χ0n) is 10.2. The van der Waals surface area contributed by atoms with Crippen LogP contribution in [0.4, 0.5) is 4.39 Å². The number of carboxylic acids is 1. The molecule has 4 heteroatoms. The summed E-state index contributed by atoms with van der Waals surface area (Å²) in [5, 5.41) is 12.1. The molecule has 2 N–H and O–H groups in total. The van der Waals surface area contributed by atoms with Crippen molar-refractivity contribution in [1.82, 2.24) is 5.32 Å². The van der Waals surface area contributed by atoms with E-state index >= 15 is 0 Å². The lowest BCUT2D eigenvalue weighted by Gasteiger charge is -2.15. The van der Waals surface area contributed by atoms with E-state index in [0.29, 0.717) is 6.54 Å². The van der Waals surface area contributed by atoms with Crippen molar-refractivity contribution >= 4 is 5.97 Å². The quantitative estimate of drug-likeness (QED) is 0.868. The van der Waals surface area contributed by atoms with Crippen LogP contribution in [0.15, 0.2) is 54.6 Å². The number of hydrogen-bond acceptors (Lipinski definition) is 2. The summed E-state index contributed by atoms with van der Waals surface area (Å²) in [4.78, 5) is 11.2. The first kappa shape index (κ1) is 13.2. The summed E-state index contributed by atoms with van der Waals surface area (Å²) in [6.07, 6.45) is 0. The Bertz CT molecular complexity index is 557. The van der Waals surface area contributed by atoms with Gasteiger partial charge in [0.05, 0.1) is 0 Å². The van der Waals surface area contributed by atoms with E-state index in [1.54, 1.807) is 6.07 Å². The van der Waals surface area contributed by atoms with Crippen molar-refractivity contribution in [2.75, 3.05) is 0 Å². The molecule has 2 rings (SSSR count). The third-order valence-corrected chi connectivity index (χ3v) is 2.82. The van der Waals surface area contributed by atoms with Crippen LogP contribution in [0.5, 0.6) is 0 Å². The van der Waals surface area contributed by atoms with Gasteiger partial charge in [0.25, 0.3) is 0 Å². The van der Waals surface area contributed by atoms with Gasteiger partial charge in [-0.05, 0) is 11.6 Å². The molecule has 0 saturated carbocycles. The molecule has 0 bridgehead atoms. The van der Waals surface area contributed by atoms with Crippen molar-refractivity contribution in [3.05, 3.63) is 71.5 Å². The molecule has 0 unspecified atom stereocenters. The molecule has 2 aromatic carbocycles. The van der Waals surface area contributed by atoms with E-state index in [4.69, 9.17) is 0 Å². The van der Waals surface area contributed by atoms with Crippen molar-refractivity contribution in [1.29, 1.82) is 0 Å². The fraction of sp³-hybridized carbons (Fsp3) is 0.133. The molecule has 98 valence electrons. The van der Waals surface area contributed by atoms with E-state index in [-0.39, 0.29) is 5.56 Å². The Morgan fingerprint density at radius 2 is 1.74 bits per heavy atom. The molecule has 0 aliphatic heterocycles. The van der Waals surface area contributed by atoms with Gasteiger partial charge >= 0.3 is 5.97 Å². The maximum atomic E-state index is 13.6. The largest absolute Gasteiger partial charge is 0.480 e. The van der Waals surface area contributed by atoms with E-state index in [9.17, 15) is 14.3 Å². The van der Waals surface area contributed by atoms with E-state index in [1.807, 2.05) is 30.3 Å². The Hall–Kier alpha value is -2.20. The zero-order chi connectivity index (χ0) is 13.7. The molecule has 0 amide bonds. The maximum Gasteiger partial charge on any atom is 0.325 e. The van der Waals surface area contributed by atoms with Crippen LogP contribution >= 0.6 is 0 Å². The Morgan fingerprint density at radius 1 is 1.11 bits per heavy atom. The van der Waals surface area contributed by atoms with Crippen molar-refractivity contribution < 1.29 is 14.3 Å². The van der Waals surface area contributed by atoms with Crippen molar-refractivity contribution in [3.8, 4) is 0 Å². The van der Waals surface area contributed by atoms with Crippen LogP contribution in [0.2, 0.25) is 0 Å². The number of benzene rings is 2. The van der Waals surface area contributed by atoms with Crippen LogP contribution in [0.3, 0.4) is 0 Å². The predicted octanol–water partition coefficient (Wildman–Crippen LogP) is 2.74. The monoisotopic (exact) mass is 259 g/mol. The van der Waals surface area contributed by atoms with Crippen molar-refractivity contribution in [2.45, 2.75) is 12.6 Å². The SMILES string of the molecule is O=C(O)[C@H](NCc1ccccc1)c1ccccc1F. The summed E-state index contributed by atoms with van der Waals surface area (Å²) in [7, 11) is 0. The highest BCUT2D eigenvalue weighted by atomic mass is 19.1. The summed E-state index contributed by atoms with van der Waals surface area (Å²) in [6, 6.07) is 14.2. The first-order chi connectivity index (χ1) is 9.18. The molecule has 0 aromatic heterocycles. The molecule has 0 radical (unpaired) electrons. The van der Waals surface area contributed by atoms with Gasteiger partial charge in [0.2, 0.25) is 0 Å². The van der Waals surface area contributed by atoms with Crippen molar-refractivity contribution in [3.63, 3.8) is 0 Å². The third-order valence-electron chi connectivity index (χ3n) is 2.82. The lowest BCUT2D eigenvalue weighted by atomic mass is 10.1. The fourth-order valence-electron chi connectivity index (χ4n) is 1.86. The van der Waals surface area contributed by atoms with Crippen molar-refractivity contribution in [2.24, 2.45) is 0 Å². The molecule has 0 saturated heterocycles. The molecule has 0 aliphatic carbocycles. The van der Waals surface area contributed by atoms with Crippen LogP contribution in [0, 0.1) is 5.82 Å². The van der Waals surface area contributed by atoms with Crippen LogP contribution in [0.1, 0.15) is 17.2 Å². The molecule has 19 heavy (non-hydrogen) atoms. The van der Waals surface area contributed by atoms with Gasteiger partial charge in [-0.15, -0.1) is 0 Å². The van der Waals surface area contributed by atoms with Crippen LogP contribution in [-0.2, 0) is 11.3 Å². The van der Waals surface area contributed by atoms with Gasteiger partial charge in [0, 0.05) is 12.1 Å². The number of hydrogen-bond donors (Lipinski definition) is 2.